The van der Waals surface area contributed by atoms with E-state index < -0.39 is 12.0 Å². The van der Waals surface area contributed by atoms with Gasteiger partial charge in [0.05, 0.1) is 0 Å². The molecule has 0 spiro atoms. The van der Waals surface area contributed by atoms with Crippen molar-refractivity contribution in [3.05, 3.63) is 35.9 Å². The van der Waals surface area contributed by atoms with Gasteiger partial charge in [-0.2, -0.15) is 13.2 Å². The molecule has 2 aromatic heterocycles. The van der Waals surface area contributed by atoms with Gasteiger partial charge in [-0.1, -0.05) is 11.8 Å². The minimum atomic E-state index is -4.59. The molecule has 5 nitrogen and oxygen atoms in total. The molecule has 2 N–H and O–H groups in total. The molecule has 0 unspecified atom stereocenters. The summed E-state index contributed by atoms with van der Waals surface area (Å²) in [7, 11) is 0. The number of hydrogen-bond acceptors (Lipinski definition) is 5. The van der Waals surface area contributed by atoms with E-state index in [4.69, 9.17) is 5.84 Å². The number of nitrogens with two attached hydrogens (primary N) is 1. The number of nitrogen functional groups attached to an aromatic ring is 1. The van der Waals surface area contributed by atoms with Crippen molar-refractivity contribution in [3.8, 4) is 0 Å². The Morgan fingerprint density at radius 1 is 1.21 bits per heavy atom. The molecular formula is C10H10F3N5S. The van der Waals surface area contributed by atoms with Gasteiger partial charge >= 0.3 is 6.18 Å². The number of thioether (sulfide) groups is 1. The van der Waals surface area contributed by atoms with Crippen molar-refractivity contribution < 1.29 is 13.2 Å². The Morgan fingerprint density at radius 2 is 1.89 bits per heavy atom. The zero-order valence-corrected chi connectivity index (χ0v) is 10.4. The van der Waals surface area contributed by atoms with Crippen LogP contribution in [0.4, 0.5) is 13.2 Å². The molecule has 2 heterocycles. The second-order valence-electron chi connectivity index (χ2n) is 3.63. The number of hydrogen-bond donors (Lipinski definition) is 1. The van der Waals surface area contributed by atoms with E-state index in [9.17, 15) is 13.2 Å². The molecule has 0 amide bonds. The highest BCUT2D eigenvalue weighted by Crippen LogP contribution is 2.28. The zero-order chi connectivity index (χ0) is 13.9. The Kier molecular flexibility index (Phi) is 3.93. The highest BCUT2D eigenvalue weighted by Gasteiger charge is 2.38. The number of pyridine rings is 1. The molecule has 0 aliphatic heterocycles. The van der Waals surface area contributed by atoms with Gasteiger partial charge in [-0.05, 0) is 24.1 Å². The van der Waals surface area contributed by atoms with E-state index in [0.29, 0.717) is 16.8 Å². The Hall–Kier alpha value is -1.77. The fourth-order valence-electron chi connectivity index (χ4n) is 1.38. The predicted molar refractivity (Wildman–Crippen MR) is 63.8 cm³/mol. The first-order valence-electron chi connectivity index (χ1n) is 5.28. The van der Waals surface area contributed by atoms with Crippen LogP contribution < -0.4 is 5.84 Å². The highest BCUT2D eigenvalue weighted by atomic mass is 32.2. The van der Waals surface area contributed by atoms with E-state index in [0.717, 1.165) is 17.3 Å². The maximum absolute atomic E-state index is 12.4. The minimum Gasteiger partial charge on any atom is -0.335 e. The second-order valence-corrected chi connectivity index (χ2v) is 4.69. The van der Waals surface area contributed by atoms with Crippen molar-refractivity contribution in [3.63, 3.8) is 0 Å². The molecule has 0 saturated heterocycles. The summed E-state index contributed by atoms with van der Waals surface area (Å²) in [4.78, 5) is 3.88. The van der Waals surface area contributed by atoms with Gasteiger partial charge in [0.25, 0.3) is 5.82 Å². The largest absolute Gasteiger partial charge is 0.453 e. The first-order valence-corrected chi connectivity index (χ1v) is 6.26. The molecule has 0 aromatic carbocycles. The van der Waals surface area contributed by atoms with E-state index in [1.807, 2.05) is 12.1 Å². The van der Waals surface area contributed by atoms with E-state index >= 15 is 0 Å². The first-order chi connectivity index (χ1) is 8.98. The number of aromatic nitrogens is 4. The summed E-state index contributed by atoms with van der Waals surface area (Å²) in [6.07, 6.45) is -0.590. The predicted octanol–water partition coefficient (Wildman–Crippen LogP) is 1.74. The van der Waals surface area contributed by atoms with Crippen molar-refractivity contribution >= 4 is 11.8 Å². The van der Waals surface area contributed by atoms with Gasteiger partial charge in [0.1, 0.15) is 0 Å². The molecule has 0 fully saturated rings. The lowest BCUT2D eigenvalue weighted by Gasteiger charge is -2.05. The van der Waals surface area contributed by atoms with Crippen LogP contribution in [-0.4, -0.2) is 25.6 Å². The quantitative estimate of drug-likeness (QED) is 0.686. The molecular weight excluding hydrogens is 279 g/mol. The fraction of sp³-hybridized carbons (Fsp3) is 0.300. The number of nitrogens with zero attached hydrogens (tertiary/aromatic N) is 4. The number of halogens is 3. The molecule has 0 saturated carbocycles. The fourth-order valence-corrected chi connectivity index (χ4v) is 2.22. The molecule has 2 aromatic rings. The summed E-state index contributed by atoms with van der Waals surface area (Å²) in [5.41, 5.74) is 1.04. The van der Waals surface area contributed by atoms with Crippen LogP contribution >= 0.6 is 11.8 Å². The van der Waals surface area contributed by atoms with E-state index in [1.165, 1.54) is 0 Å². The zero-order valence-electron chi connectivity index (χ0n) is 9.63. The summed E-state index contributed by atoms with van der Waals surface area (Å²) < 4.78 is 37.8. The average molecular weight is 289 g/mol. The summed E-state index contributed by atoms with van der Waals surface area (Å²) >= 11 is 1.12. The van der Waals surface area contributed by atoms with Crippen LogP contribution in [0.2, 0.25) is 0 Å². The minimum absolute atomic E-state index is 0.0429. The average Bonchev–Trinajstić information content (AvgIpc) is 2.72. The van der Waals surface area contributed by atoms with Gasteiger partial charge in [0.2, 0.25) is 5.16 Å². The van der Waals surface area contributed by atoms with Crippen LogP contribution in [0.5, 0.6) is 0 Å². The first kappa shape index (κ1) is 13.7. The number of aryl methyl sites for hydroxylation is 1. The summed E-state index contributed by atoms with van der Waals surface area (Å²) in [5.74, 6) is 4.67. The van der Waals surface area contributed by atoms with Crippen LogP contribution in [0.15, 0.2) is 29.7 Å². The lowest BCUT2D eigenvalue weighted by atomic mass is 10.2. The smallest absolute Gasteiger partial charge is 0.335 e. The Balaban J connectivity index is 1.96. The normalized spacial score (nSPS) is 11.7. The van der Waals surface area contributed by atoms with Crippen molar-refractivity contribution in [1.82, 2.24) is 19.9 Å². The molecule has 0 aliphatic rings. The van der Waals surface area contributed by atoms with Crippen LogP contribution in [-0.2, 0) is 12.6 Å². The Bertz CT molecular complexity index is 540. The van der Waals surface area contributed by atoms with Crippen LogP contribution in [0.3, 0.4) is 0 Å². The Morgan fingerprint density at radius 3 is 2.47 bits per heavy atom. The van der Waals surface area contributed by atoms with Crippen molar-refractivity contribution in [2.45, 2.75) is 17.8 Å². The number of rotatable bonds is 4. The third kappa shape index (κ3) is 3.37. The van der Waals surface area contributed by atoms with Crippen LogP contribution in [0.25, 0.3) is 0 Å². The maximum Gasteiger partial charge on any atom is 0.453 e. The van der Waals surface area contributed by atoms with Crippen molar-refractivity contribution in [1.29, 1.82) is 0 Å². The summed E-state index contributed by atoms with van der Waals surface area (Å²) in [6, 6.07) is 3.68. The summed E-state index contributed by atoms with van der Waals surface area (Å²) in [6.45, 7) is 0. The van der Waals surface area contributed by atoms with E-state index in [1.54, 1.807) is 12.4 Å². The third-order valence-electron chi connectivity index (χ3n) is 2.29. The molecule has 9 heteroatoms. The topological polar surface area (TPSA) is 69.6 Å². The van der Waals surface area contributed by atoms with Gasteiger partial charge in [-0.15, -0.1) is 10.2 Å². The second kappa shape index (κ2) is 5.47. The molecule has 102 valence electrons. The lowest BCUT2D eigenvalue weighted by Crippen LogP contribution is -2.21. The van der Waals surface area contributed by atoms with Gasteiger partial charge in [-0.25, -0.2) is 4.68 Å². The molecule has 0 radical (unpaired) electrons. The summed E-state index contributed by atoms with van der Waals surface area (Å²) in [5, 5.41) is 6.52. The van der Waals surface area contributed by atoms with Crippen molar-refractivity contribution in [2.24, 2.45) is 0 Å². The van der Waals surface area contributed by atoms with E-state index in [2.05, 4.69) is 15.2 Å². The lowest BCUT2D eigenvalue weighted by molar-refractivity contribution is -0.146. The van der Waals surface area contributed by atoms with E-state index in [-0.39, 0.29) is 5.16 Å². The monoisotopic (exact) mass is 289 g/mol. The molecule has 19 heavy (non-hydrogen) atoms. The van der Waals surface area contributed by atoms with Crippen molar-refractivity contribution in [2.75, 3.05) is 11.6 Å². The van der Waals surface area contributed by atoms with Crippen LogP contribution in [0.1, 0.15) is 11.4 Å². The molecule has 2 rings (SSSR count). The van der Waals surface area contributed by atoms with Crippen LogP contribution in [0, 0.1) is 0 Å². The molecule has 0 aliphatic carbocycles. The highest BCUT2D eigenvalue weighted by molar-refractivity contribution is 7.99. The Labute approximate surface area is 111 Å². The molecule has 0 atom stereocenters. The maximum atomic E-state index is 12.4. The van der Waals surface area contributed by atoms with Gasteiger partial charge in [0.15, 0.2) is 0 Å². The SMILES string of the molecule is Nn1c(SCCc2ccncc2)nnc1C(F)(F)F. The third-order valence-corrected chi connectivity index (χ3v) is 3.23. The van der Waals surface area contributed by atoms with Gasteiger partial charge < -0.3 is 5.84 Å². The van der Waals surface area contributed by atoms with Gasteiger partial charge in [-0.3, -0.25) is 4.98 Å². The number of alkyl halides is 3. The standard InChI is InChI=1S/C10H10F3N5S/c11-10(12,13)8-16-17-9(18(8)14)19-6-3-7-1-4-15-5-2-7/h1-2,4-5H,3,6,14H2. The van der Waals surface area contributed by atoms with Gasteiger partial charge in [0, 0.05) is 18.1 Å². The molecule has 0 bridgehead atoms.